The molecule has 2 rings (SSSR count). The largest absolute Gasteiger partial charge is 0.456 e. The maximum absolute atomic E-state index is 13.1. The Balaban J connectivity index is 2.44. The van der Waals surface area contributed by atoms with E-state index in [1.165, 1.54) is 12.1 Å². The van der Waals surface area contributed by atoms with E-state index in [0.29, 0.717) is 22.6 Å². The molecule has 0 saturated heterocycles. The van der Waals surface area contributed by atoms with Crippen molar-refractivity contribution in [1.29, 1.82) is 0 Å². The van der Waals surface area contributed by atoms with Crippen LogP contribution in [0.1, 0.15) is 42.3 Å². The molecule has 0 atom stereocenters. The third-order valence-corrected chi connectivity index (χ3v) is 3.36. The first kappa shape index (κ1) is 15.2. The van der Waals surface area contributed by atoms with Gasteiger partial charge in [0, 0.05) is 0 Å². The highest BCUT2D eigenvalue weighted by Gasteiger charge is 2.16. The van der Waals surface area contributed by atoms with E-state index in [4.69, 9.17) is 4.74 Å². The molecule has 0 aromatic heterocycles. The molecule has 0 aliphatic heterocycles. The molecule has 0 N–H and O–H groups in total. The van der Waals surface area contributed by atoms with Gasteiger partial charge >= 0.3 is 0 Å². The molecule has 0 amide bonds. The lowest BCUT2D eigenvalue weighted by molar-refractivity contribution is 0.112. The summed E-state index contributed by atoms with van der Waals surface area (Å²) >= 11 is 0. The lowest BCUT2D eigenvalue weighted by Gasteiger charge is -2.21. The second kappa shape index (κ2) is 5.68. The van der Waals surface area contributed by atoms with E-state index in [2.05, 4.69) is 20.8 Å². The number of ether oxygens (including phenoxy) is 1. The zero-order valence-corrected chi connectivity index (χ0v) is 12.7. The standard InChI is InChI=1S/C18H19FO2/c1-12-9-15(19)7-8-16(12)21-17-10-14(18(2,3)4)6-5-13(17)11-20/h5-11H,1-4H3. The van der Waals surface area contributed by atoms with Gasteiger partial charge in [0.25, 0.3) is 0 Å². The van der Waals surface area contributed by atoms with Crippen molar-refractivity contribution in [2.24, 2.45) is 0 Å². The molecule has 110 valence electrons. The van der Waals surface area contributed by atoms with Gasteiger partial charge in [0.1, 0.15) is 17.3 Å². The Hall–Kier alpha value is -2.16. The summed E-state index contributed by atoms with van der Waals surface area (Å²) in [5, 5.41) is 0. The number of aldehydes is 1. The summed E-state index contributed by atoms with van der Waals surface area (Å²) in [5.74, 6) is 0.733. The third kappa shape index (κ3) is 3.48. The maximum Gasteiger partial charge on any atom is 0.153 e. The molecule has 21 heavy (non-hydrogen) atoms. The summed E-state index contributed by atoms with van der Waals surface area (Å²) in [6.45, 7) is 8.05. The normalized spacial score (nSPS) is 11.3. The van der Waals surface area contributed by atoms with Gasteiger partial charge in [-0.2, -0.15) is 0 Å². The Labute approximate surface area is 124 Å². The van der Waals surface area contributed by atoms with Crippen molar-refractivity contribution in [3.05, 3.63) is 58.9 Å². The molecule has 0 unspecified atom stereocenters. The number of halogens is 1. The smallest absolute Gasteiger partial charge is 0.153 e. The first-order chi connectivity index (χ1) is 9.81. The van der Waals surface area contributed by atoms with Gasteiger partial charge in [-0.15, -0.1) is 0 Å². The summed E-state index contributed by atoms with van der Waals surface area (Å²) in [7, 11) is 0. The molecule has 2 aromatic carbocycles. The van der Waals surface area contributed by atoms with Gasteiger partial charge in [-0.1, -0.05) is 26.8 Å². The average Bonchev–Trinajstić information content (AvgIpc) is 2.41. The van der Waals surface area contributed by atoms with Crippen LogP contribution in [-0.4, -0.2) is 6.29 Å². The van der Waals surface area contributed by atoms with Crippen LogP contribution < -0.4 is 4.74 Å². The minimum absolute atomic E-state index is 0.0443. The highest BCUT2D eigenvalue weighted by Crippen LogP contribution is 2.32. The predicted octanol–water partition coefficient (Wildman–Crippen LogP) is 5.04. The predicted molar refractivity (Wildman–Crippen MR) is 81.7 cm³/mol. The molecule has 0 bridgehead atoms. The van der Waals surface area contributed by atoms with Crippen LogP contribution in [0, 0.1) is 12.7 Å². The fraction of sp³-hybridized carbons (Fsp3) is 0.278. The van der Waals surface area contributed by atoms with Crippen LogP contribution in [0.4, 0.5) is 4.39 Å². The van der Waals surface area contributed by atoms with Crippen LogP contribution in [0.25, 0.3) is 0 Å². The first-order valence-corrected chi connectivity index (χ1v) is 6.85. The van der Waals surface area contributed by atoms with E-state index in [0.717, 1.165) is 11.8 Å². The zero-order chi connectivity index (χ0) is 15.6. The van der Waals surface area contributed by atoms with Gasteiger partial charge in [0.05, 0.1) is 5.56 Å². The maximum atomic E-state index is 13.1. The van der Waals surface area contributed by atoms with Crippen LogP contribution in [-0.2, 0) is 5.41 Å². The molecular weight excluding hydrogens is 267 g/mol. The van der Waals surface area contributed by atoms with E-state index in [9.17, 15) is 9.18 Å². The number of carbonyl (C=O) groups excluding carboxylic acids is 1. The molecule has 0 aliphatic carbocycles. The molecular formula is C18H19FO2. The first-order valence-electron chi connectivity index (χ1n) is 6.85. The van der Waals surface area contributed by atoms with Crippen molar-refractivity contribution >= 4 is 6.29 Å². The van der Waals surface area contributed by atoms with Crippen molar-refractivity contribution in [2.75, 3.05) is 0 Å². The number of aryl methyl sites for hydroxylation is 1. The average molecular weight is 286 g/mol. The van der Waals surface area contributed by atoms with Gasteiger partial charge in [0.15, 0.2) is 6.29 Å². The van der Waals surface area contributed by atoms with Crippen LogP contribution in [0.3, 0.4) is 0 Å². The topological polar surface area (TPSA) is 26.3 Å². The van der Waals surface area contributed by atoms with Crippen molar-refractivity contribution < 1.29 is 13.9 Å². The molecule has 0 aliphatic rings. The van der Waals surface area contributed by atoms with E-state index in [-0.39, 0.29) is 11.2 Å². The monoisotopic (exact) mass is 286 g/mol. The molecule has 2 aromatic rings. The van der Waals surface area contributed by atoms with Gasteiger partial charge in [-0.25, -0.2) is 4.39 Å². The van der Waals surface area contributed by atoms with E-state index in [1.807, 2.05) is 12.1 Å². The van der Waals surface area contributed by atoms with Crippen LogP contribution in [0.2, 0.25) is 0 Å². The molecule has 2 nitrogen and oxygen atoms in total. The van der Waals surface area contributed by atoms with Gasteiger partial charge in [-0.05, 0) is 53.8 Å². The van der Waals surface area contributed by atoms with Crippen molar-refractivity contribution in [3.8, 4) is 11.5 Å². The van der Waals surface area contributed by atoms with Gasteiger partial charge in [0.2, 0.25) is 0 Å². The van der Waals surface area contributed by atoms with Crippen molar-refractivity contribution in [2.45, 2.75) is 33.1 Å². The summed E-state index contributed by atoms with van der Waals surface area (Å²) in [5.41, 5.74) is 2.19. The molecule has 0 spiro atoms. The highest BCUT2D eigenvalue weighted by molar-refractivity contribution is 5.79. The summed E-state index contributed by atoms with van der Waals surface area (Å²) in [6.07, 6.45) is 0.765. The number of hydrogen-bond donors (Lipinski definition) is 0. The van der Waals surface area contributed by atoms with Crippen molar-refractivity contribution in [3.63, 3.8) is 0 Å². The number of benzene rings is 2. The molecule has 3 heteroatoms. The minimum Gasteiger partial charge on any atom is -0.456 e. The van der Waals surface area contributed by atoms with Gasteiger partial charge in [-0.3, -0.25) is 4.79 Å². The fourth-order valence-electron chi connectivity index (χ4n) is 2.03. The van der Waals surface area contributed by atoms with Crippen LogP contribution in [0.15, 0.2) is 36.4 Å². The fourth-order valence-corrected chi connectivity index (χ4v) is 2.03. The Bertz CT molecular complexity index is 669. The quantitative estimate of drug-likeness (QED) is 0.739. The lowest BCUT2D eigenvalue weighted by atomic mass is 9.86. The minimum atomic E-state index is -0.307. The Kier molecular flexibility index (Phi) is 4.12. The van der Waals surface area contributed by atoms with Crippen LogP contribution >= 0.6 is 0 Å². The Morgan fingerprint density at radius 1 is 1.05 bits per heavy atom. The molecule has 0 radical (unpaired) electrons. The van der Waals surface area contributed by atoms with E-state index >= 15 is 0 Å². The van der Waals surface area contributed by atoms with Crippen LogP contribution in [0.5, 0.6) is 11.5 Å². The number of carbonyl (C=O) groups is 1. The Morgan fingerprint density at radius 2 is 1.76 bits per heavy atom. The summed E-state index contributed by atoms with van der Waals surface area (Å²) < 4.78 is 19.0. The summed E-state index contributed by atoms with van der Waals surface area (Å²) in [4.78, 5) is 11.2. The number of hydrogen-bond acceptors (Lipinski definition) is 2. The third-order valence-electron chi connectivity index (χ3n) is 3.36. The van der Waals surface area contributed by atoms with Crippen molar-refractivity contribution in [1.82, 2.24) is 0 Å². The second-order valence-electron chi connectivity index (χ2n) is 6.13. The van der Waals surface area contributed by atoms with Gasteiger partial charge < -0.3 is 4.74 Å². The number of rotatable bonds is 3. The molecule has 0 heterocycles. The molecule has 0 saturated carbocycles. The molecule has 0 fully saturated rings. The Morgan fingerprint density at radius 3 is 2.33 bits per heavy atom. The highest BCUT2D eigenvalue weighted by atomic mass is 19.1. The SMILES string of the molecule is Cc1cc(F)ccc1Oc1cc(C(C)(C)C)ccc1C=O. The summed E-state index contributed by atoms with van der Waals surface area (Å²) in [6, 6.07) is 9.87. The van der Waals surface area contributed by atoms with E-state index in [1.54, 1.807) is 19.1 Å². The zero-order valence-electron chi connectivity index (χ0n) is 12.7. The lowest BCUT2D eigenvalue weighted by Crippen LogP contribution is -2.11. The second-order valence-corrected chi connectivity index (χ2v) is 6.13. The van der Waals surface area contributed by atoms with E-state index < -0.39 is 0 Å².